The van der Waals surface area contributed by atoms with E-state index in [0.29, 0.717) is 11.3 Å². The molecule has 2 rings (SSSR count). The summed E-state index contributed by atoms with van der Waals surface area (Å²) in [5.74, 6) is 0. The van der Waals surface area contributed by atoms with Gasteiger partial charge in [0.1, 0.15) is 0 Å². The SMILES string of the molecule is O=c1[nH][nH]c(=S)n1Cc1ccccn1. The van der Waals surface area contributed by atoms with Crippen molar-refractivity contribution in [1.82, 2.24) is 19.7 Å². The maximum Gasteiger partial charge on any atom is 0.342 e. The molecule has 0 radical (unpaired) electrons. The van der Waals surface area contributed by atoms with Crippen LogP contribution >= 0.6 is 12.2 Å². The normalized spacial score (nSPS) is 10.3. The highest BCUT2D eigenvalue weighted by molar-refractivity contribution is 7.71. The molecule has 2 aromatic heterocycles. The molecule has 2 N–H and O–H groups in total. The van der Waals surface area contributed by atoms with Crippen molar-refractivity contribution >= 4 is 12.2 Å². The van der Waals surface area contributed by atoms with E-state index < -0.39 is 0 Å². The van der Waals surface area contributed by atoms with Gasteiger partial charge < -0.3 is 0 Å². The highest BCUT2D eigenvalue weighted by atomic mass is 32.1. The monoisotopic (exact) mass is 208 g/mol. The highest BCUT2D eigenvalue weighted by Gasteiger charge is 2.00. The lowest BCUT2D eigenvalue weighted by molar-refractivity contribution is 0.732. The molecule has 0 atom stereocenters. The zero-order chi connectivity index (χ0) is 9.97. The van der Waals surface area contributed by atoms with E-state index in [-0.39, 0.29) is 5.69 Å². The Kier molecular flexibility index (Phi) is 2.28. The van der Waals surface area contributed by atoms with Crippen molar-refractivity contribution in [3.8, 4) is 0 Å². The lowest BCUT2D eigenvalue weighted by atomic mass is 10.3. The van der Waals surface area contributed by atoms with E-state index in [1.54, 1.807) is 6.20 Å². The molecule has 72 valence electrons. The van der Waals surface area contributed by atoms with Gasteiger partial charge in [0.05, 0.1) is 12.2 Å². The zero-order valence-corrected chi connectivity index (χ0v) is 8.04. The van der Waals surface area contributed by atoms with Gasteiger partial charge in [0.15, 0.2) is 4.77 Å². The summed E-state index contributed by atoms with van der Waals surface area (Å²) in [6.45, 7) is 0.387. The summed E-state index contributed by atoms with van der Waals surface area (Å²) < 4.78 is 1.79. The molecule has 14 heavy (non-hydrogen) atoms. The van der Waals surface area contributed by atoms with E-state index in [0.717, 1.165) is 5.69 Å². The number of nitrogens with one attached hydrogen (secondary N) is 2. The Bertz CT molecular complexity index is 497. The molecule has 0 amide bonds. The molecule has 0 saturated carbocycles. The average molecular weight is 208 g/mol. The third-order valence-corrected chi connectivity index (χ3v) is 2.14. The van der Waals surface area contributed by atoms with Gasteiger partial charge in [0.2, 0.25) is 0 Å². The van der Waals surface area contributed by atoms with E-state index in [1.807, 2.05) is 18.2 Å². The molecule has 0 spiro atoms. The highest BCUT2D eigenvalue weighted by Crippen LogP contribution is 1.95. The van der Waals surface area contributed by atoms with E-state index in [4.69, 9.17) is 12.2 Å². The van der Waals surface area contributed by atoms with Crippen LogP contribution < -0.4 is 5.69 Å². The number of hydrogen-bond acceptors (Lipinski definition) is 3. The molecule has 0 saturated heterocycles. The van der Waals surface area contributed by atoms with Gasteiger partial charge in [-0.15, -0.1) is 0 Å². The maximum atomic E-state index is 11.2. The van der Waals surface area contributed by atoms with E-state index >= 15 is 0 Å². The summed E-state index contributed by atoms with van der Waals surface area (Å²) in [7, 11) is 0. The fourth-order valence-corrected chi connectivity index (χ4v) is 1.33. The molecule has 5 nitrogen and oxygen atoms in total. The second kappa shape index (κ2) is 3.59. The number of H-pyrrole nitrogens is 2. The lowest BCUT2D eigenvalue weighted by Gasteiger charge is -1.98. The Balaban J connectivity index is 2.37. The molecular weight excluding hydrogens is 200 g/mol. The molecule has 6 heteroatoms. The Morgan fingerprint density at radius 1 is 1.43 bits per heavy atom. The number of aromatic nitrogens is 4. The fourth-order valence-electron chi connectivity index (χ4n) is 1.13. The number of aromatic amines is 2. The van der Waals surface area contributed by atoms with Crippen molar-refractivity contribution in [2.45, 2.75) is 6.54 Å². The zero-order valence-electron chi connectivity index (χ0n) is 7.23. The van der Waals surface area contributed by atoms with Crippen LogP contribution in [0.15, 0.2) is 29.2 Å². The van der Waals surface area contributed by atoms with Crippen LogP contribution in [-0.4, -0.2) is 19.7 Å². The number of rotatable bonds is 2. The Morgan fingerprint density at radius 3 is 2.86 bits per heavy atom. The van der Waals surface area contributed by atoms with Gasteiger partial charge >= 0.3 is 5.69 Å². The first-order valence-corrected chi connectivity index (χ1v) is 4.45. The van der Waals surface area contributed by atoms with Crippen LogP contribution in [0.25, 0.3) is 0 Å². The molecule has 0 bridgehead atoms. The topological polar surface area (TPSA) is 66.5 Å². The van der Waals surface area contributed by atoms with Gasteiger partial charge in [-0.3, -0.25) is 14.6 Å². The van der Waals surface area contributed by atoms with Crippen LogP contribution in [0, 0.1) is 4.77 Å². The summed E-state index contributed by atoms with van der Waals surface area (Å²) in [6, 6.07) is 5.53. The predicted octanol–water partition coefficient (Wildman–Crippen LogP) is 0.677. The minimum absolute atomic E-state index is 0.249. The molecule has 0 aliphatic heterocycles. The molecule has 2 heterocycles. The molecule has 0 unspecified atom stereocenters. The van der Waals surface area contributed by atoms with Crippen molar-refractivity contribution in [1.29, 1.82) is 0 Å². The third kappa shape index (κ3) is 1.64. The van der Waals surface area contributed by atoms with E-state index in [1.165, 1.54) is 4.57 Å². The summed E-state index contributed by atoms with van der Waals surface area (Å²) in [5.41, 5.74) is 0.550. The molecule has 0 fully saturated rings. The van der Waals surface area contributed by atoms with E-state index in [9.17, 15) is 4.79 Å². The van der Waals surface area contributed by atoms with Crippen molar-refractivity contribution in [2.75, 3.05) is 0 Å². The maximum absolute atomic E-state index is 11.2. The van der Waals surface area contributed by atoms with Gasteiger partial charge in [-0.2, -0.15) is 0 Å². The van der Waals surface area contributed by atoms with Crippen molar-refractivity contribution in [3.63, 3.8) is 0 Å². The summed E-state index contributed by atoms with van der Waals surface area (Å²) in [6.07, 6.45) is 1.68. The van der Waals surface area contributed by atoms with Gasteiger partial charge in [0, 0.05) is 6.20 Å². The van der Waals surface area contributed by atoms with Crippen molar-refractivity contribution in [2.24, 2.45) is 0 Å². The lowest BCUT2D eigenvalue weighted by Crippen LogP contribution is -2.18. The Hall–Kier alpha value is -1.69. The molecule has 0 aromatic carbocycles. The Labute approximate surface area is 84.4 Å². The average Bonchev–Trinajstić information content (AvgIpc) is 2.51. The number of pyridine rings is 1. The number of nitrogens with zero attached hydrogens (tertiary/aromatic N) is 2. The predicted molar refractivity (Wildman–Crippen MR) is 53.6 cm³/mol. The first-order chi connectivity index (χ1) is 6.77. The van der Waals surface area contributed by atoms with Crippen LogP contribution in [0.4, 0.5) is 0 Å². The van der Waals surface area contributed by atoms with Crippen LogP contribution in [0.1, 0.15) is 5.69 Å². The van der Waals surface area contributed by atoms with Crippen LogP contribution in [0.3, 0.4) is 0 Å². The quantitative estimate of drug-likeness (QED) is 0.713. The minimum atomic E-state index is -0.249. The van der Waals surface area contributed by atoms with Gasteiger partial charge in [-0.25, -0.2) is 9.89 Å². The minimum Gasteiger partial charge on any atom is -0.272 e. The van der Waals surface area contributed by atoms with Crippen LogP contribution in [-0.2, 0) is 6.54 Å². The van der Waals surface area contributed by atoms with Crippen molar-refractivity contribution < 1.29 is 0 Å². The number of hydrogen-bond donors (Lipinski definition) is 2. The first kappa shape index (κ1) is 8.89. The van der Waals surface area contributed by atoms with Gasteiger partial charge in [0.25, 0.3) is 0 Å². The summed E-state index contributed by atoms with van der Waals surface area (Å²) in [4.78, 5) is 15.3. The second-order valence-corrected chi connectivity index (χ2v) is 3.15. The van der Waals surface area contributed by atoms with Crippen LogP contribution in [0.2, 0.25) is 0 Å². The molecular formula is C8H8N4OS. The van der Waals surface area contributed by atoms with Gasteiger partial charge in [-0.05, 0) is 24.4 Å². The molecule has 0 aliphatic rings. The van der Waals surface area contributed by atoms with Gasteiger partial charge in [-0.1, -0.05) is 6.07 Å². The first-order valence-electron chi connectivity index (χ1n) is 4.05. The fraction of sp³-hybridized carbons (Fsp3) is 0.125. The second-order valence-electron chi connectivity index (χ2n) is 2.77. The van der Waals surface area contributed by atoms with Crippen LogP contribution in [0.5, 0.6) is 0 Å². The van der Waals surface area contributed by atoms with Crippen molar-refractivity contribution in [3.05, 3.63) is 45.3 Å². The molecule has 0 aliphatic carbocycles. The Morgan fingerprint density at radius 2 is 2.29 bits per heavy atom. The summed E-state index contributed by atoms with van der Waals surface area (Å²) in [5, 5.41) is 4.98. The largest absolute Gasteiger partial charge is 0.342 e. The smallest absolute Gasteiger partial charge is 0.272 e. The van der Waals surface area contributed by atoms with E-state index in [2.05, 4.69) is 15.2 Å². The third-order valence-electron chi connectivity index (χ3n) is 1.81. The summed E-state index contributed by atoms with van der Waals surface area (Å²) >= 11 is 4.92. The molecule has 2 aromatic rings. The standard InChI is InChI=1S/C8H8N4OS/c13-7-10-11-8(14)12(7)5-6-3-1-2-4-9-6/h1-4H,5H2,(H,10,13)(H,11,14).